The van der Waals surface area contributed by atoms with E-state index in [1.165, 1.54) is 23.6 Å². The van der Waals surface area contributed by atoms with Crippen LogP contribution in [-0.4, -0.2) is 165 Å². The number of hydrogen-bond acceptors (Lipinski definition) is 16. The van der Waals surface area contributed by atoms with Crippen molar-refractivity contribution >= 4 is 47.2 Å². The van der Waals surface area contributed by atoms with Gasteiger partial charge in [-0.2, -0.15) is 0 Å². The van der Waals surface area contributed by atoms with E-state index in [9.17, 15) is 33.9 Å². The van der Waals surface area contributed by atoms with Crippen LogP contribution in [0.25, 0.3) is 0 Å². The van der Waals surface area contributed by atoms with Crippen molar-refractivity contribution in [2.45, 2.75) is 169 Å². The number of anilines is 2. The molecule has 5 amide bonds. The number of aliphatic hydroxyl groups excluding tert-OH is 1. The zero-order valence-electron chi connectivity index (χ0n) is 53.2. The average Bonchev–Trinajstić information content (AvgIpc) is 3.43. The molecule has 0 radical (unpaired) electrons. The number of nitrogens with two attached hydrogens (primary N) is 5. The molecule has 2 rings (SSSR count). The van der Waals surface area contributed by atoms with E-state index in [1.807, 2.05) is 97.2 Å². The van der Waals surface area contributed by atoms with E-state index in [0.717, 1.165) is 13.1 Å². The van der Waals surface area contributed by atoms with E-state index >= 15 is 0 Å². The van der Waals surface area contributed by atoms with E-state index < -0.39 is 47.7 Å². The van der Waals surface area contributed by atoms with Crippen LogP contribution in [0.1, 0.15) is 172 Å². The molecule has 0 aliphatic rings. The molecule has 4 unspecified atom stereocenters. The van der Waals surface area contributed by atoms with Crippen LogP contribution in [0.3, 0.4) is 0 Å². The minimum Gasteiger partial charge on any atom is -0.389 e. The molecule has 0 aliphatic carbocycles. The molecule has 21 nitrogen and oxygen atoms in total. The average molecular weight is 1110 g/mol. The number of aldehydes is 1. The first-order valence-electron chi connectivity index (χ1n) is 28.1. The summed E-state index contributed by atoms with van der Waals surface area (Å²) >= 11 is 0. The van der Waals surface area contributed by atoms with E-state index in [4.69, 9.17) is 28.7 Å². The van der Waals surface area contributed by atoms with E-state index in [1.54, 1.807) is 55.6 Å². The van der Waals surface area contributed by atoms with E-state index in [2.05, 4.69) is 37.2 Å². The van der Waals surface area contributed by atoms with Gasteiger partial charge in [0.15, 0.2) is 6.29 Å². The summed E-state index contributed by atoms with van der Waals surface area (Å²) in [5.41, 5.74) is 32.2. The predicted molar refractivity (Wildman–Crippen MR) is 331 cm³/mol. The molecule has 2 aromatic rings. The van der Waals surface area contributed by atoms with Gasteiger partial charge in [0.05, 0.1) is 30.6 Å². The maximum Gasteiger partial charge on any atom is 0.251 e. The second-order valence-electron chi connectivity index (χ2n) is 16.6. The van der Waals surface area contributed by atoms with Crippen LogP contribution in [0.5, 0.6) is 0 Å². The monoisotopic (exact) mass is 1110 g/mol. The lowest BCUT2D eigenvalue weighted by molar-refractivity contribution is -0.117. The molecule has 0 saturated carbocycles. The number of hydrogen-bond donors (Lipinski definition) is 13. The van der Waals surface area contributed by atoms with Gasteiger partial charge in [-0.25, -0.2) is 0 Å². The predicted octanol–water partition coefficient (Wildman–Crippen LogP) is 3.60. The Bertz CT molecular complexity index is 1980. The maximum atomic E-state index is 14.0. The Hall–Kier alpha value is -4.94. The molecular formula is C57H116N14O7. The molecule has 4 atom stereocenters. The number of nitrogens with one attached hydrogen (secondary N) is 7. The van der Waals surface area contributed by atoms with Crippen LogP contribution >= 0.6 is 0 Å². The lowest BCUT2D eigenvalue weighted by atomic mass is 9.89. The Morgan fingerprint density at radius 2 is 0.782 bits per heavy atom. The first-order chi connectivity index (χ1) is 37.0. The summed E-state index contributed by atoms with van der Waals surface area (Å²) in [5, 5.41) is 32.4. The van der Waals surface area contributed by atoms with Crippen molar-refractivity contribution in [3.05, 3.63) is 55.6 Å². The van der Waals surface area contributed by atoms with Crippen molar-refractivity contribution in [1.29, 1.82) is 0 Å². The minimum absolute atomic E-state index is 0.0527. The number of rotatable bonds is 25. The van der Waals surface area contributed by atoms with Crippen molar-refractivity contribution in [1.82, 2.24) is 37.2 Å². The Morgan fingerprint density at radius 1 is 0.474 bits per heavy atom. The lowest BCUT2D eigenvalue weighted by Gasteiger charge is -2.33. The van der Waals surface area contributed by atoms with Gasteiger partial charge in [0.1, 0.15) is 0 Å². The van der Waals surface area contributed by atoms with Crippen LogP contribution in [-0.2, 0) is 9.59 Å². The Labute approximate surface area is 473 Å². The molecule has 0 fully saturated rings. The highest BCUT2D eigenvalue weighted by molar-refractivity contribution is 6.08. The first kappa shape index (κ1) is 84.4. The Kier molecular flexibility index (Phi) is 54.4. The quantitative estimate of drug-likeness (QED) is 0.0632. The van der Waals surface area contributed by atoms with Gasteiger partial charge in [0.25, 0.3) is 17.7 Å². The topological polar surface area (TPSA) is 343 Å². The van der Waals surface area contributed by atoms with Crippen molar-refractivity contribution < 1.29 is 33.9 Å². The fourth-order valence-corrected chi connectivity index (χ4v) is 7.89. The van der Waals surface area contributed by atoms with Crippen LogP contribution in [0.4, 0.5) is 11.4 Å². The third-order valence-electron chi connectivity index (χ3n) is 11.3. The molecule has 456 valence electrons. The summed E-state index contributed by atoms with van der Waals surface area (Å²) in [6.07, 6.45) is -0.807. The van der Waals surface area contributed by atoms with Gasteiger partial charge in [0.2, 0.25) is 11.8 Å². The number of benzene rings is 2. The number of amides is 5. The summed E-state index contributed by atoms with van der Waals surface area (Å²) < 4.78 is 0. The Morgan fingerprint density at radius 3 is 1.06 bits per heavy atom. The third-order valence-corrected chi connectivity index (χ3v) is 11.3. The van der Waals surface area contributed by atoms with Crippen LogP contribution < -0.4 is 75.7 Å². The largest absolute Gasteiger partial charge is 0.389 e. The number of aliphatic hydroxyl groups is 1. The zero-order valence-corrected chi connectivity index (χ0v) is 53.2. The molecule has 0 saturated heterocycles. The second-order valence-corrected chi connectivity index (χ2v) is 16.6. The van der Waals surface area contributed by atoms with Crippen molar-refractivity contribution in [3.63, 3.8) is 0 Å². The normalized spacial score (nSPS) is 11.4. The summed E-state index contributed by atoms with van der Waals surface area (Å²) in [6, 6.07) is -0.908. The lowest BCUT2D eigenvalue weighted by Crippen LogP contribution is -2.46. The van der Waals surface area contributed by atoms with Crippen molar-refractivity contribution in [2.75, 3.05) is 103 Å². The van der Waals surface area contributed by atoms with Crippen molar-refractivity contribution in [3.8, 4) is 0 Å². The van der Waals surface area contributed by atoms with E-state index in [-0.39, 0.29) is 91.5 Å². The molecule has 0 spiro atoms. The summed E-state index contributed by atoms with van der Waals surface area (Å²) in [4.78, 5) is 83.2. The maximum absolute atomic E-state index is 14.0. The molecule has 0 heterocycles. The Balaban J connectivity index is -0.000000563. The second kappa shape index (κ2) is 50.3. The van der Waals surface area contributed by atoms with Gasteiger partial charge >= 0.3 is 0 Å². The third kappa shape index (κ3) is 28.3. The standard InChI is InChI=1S/C40H65N11O7.C5H15N3.6C2H6/c1-20-32(19-52)21(2)36(23(4)33(20)38(56)47-13-28(43)11-41)50(26(7)53)17-31(55)18-51(27(8)54)37-24(5)34(39(57)48-14-29(44)12-42)22(3)35(25(37)6)40(58)49-16-30(46-10)15-45-9;1-7-3-5(6)4-8-2;6*1-2/h19,28-31,45-46,55H,11-18,41-44H2,1-10H3,(H,47,56)(H,48,57)(H,49,58);5,7-8H,3-4,6H2,1-2H3;6*1-2H3. The highest BCUT2D eigenvalue weighted by Crippen LogP contribution is 2.36. The molecule has 0 bridgehead atoms. The molecular weight excluding hydrogens is 993 g/mol. The number of nitrogens with zero attached hydrogens (tertiary/aromatic N) is 2. The summed E-state index contributed by atoms with van der Waals surface area (Å²) in [5.74, 6) is -2.56. The highest BCUT2D eigenvalue weighted by Gasteiger charge is 2.32. The van der Waals surface area contributed by atoms with Gasteiger partial charge in [-0.05, 0) is 103 Å². The van der Waals surface area contributed by atoms with Gasteiger partial charge in [-0.3, -0.25) is 28.8 Å². The van der Waals surface area contributed by atoms with Gasteiger partial charge in [0, 0.05) is 113 Å². The number of carbonyl (C=O) groups is 6. The first-order valence-corrected chi connectivity index (χ1v) is 28.1. The minimum atomic E-state index is -1.41. The molecule has 2 aromatic carbocycles. The smallest absolute Gasteiger partial charge is 0.251 e. The number of carbonyl (C=O) groups excluding carboxylic acids is 6. The SMILES string of the molecule is CC.CC.CC.CC.CC.CC.CNCC(CNC(=O)c1c(C)c(C(=O)NCC(N)CN)c(C)c(N(CC(O)CN(C(C)=O)c2c(C)c(C=O)c(C)c(C(=O)NCC(N)CN)c2C)C(C)=O)c1C)NC.CNCC(N)CNC. The summed E-state index contributed by atoms with van der Waals surface area (Å²) in [6.45, 7) is 38.6. The highest BCUT2D eigenvalue weighted by atomic mass is 16.3. The van der Waals surface area contributed by atoms with Gasteiger partial charge in [-0.1, -0.05) is 83.1 Å². The summed E-state index contributed by atoms with van der Waals surface area (Å²) in [7, 11) is 7.36. The zero-order chi connectivity index (χ0) is 62.6. The molecule has 0 aromatic heterocycles. The van der Waals surface area contributed by atoms with Crippen LogP contribution in [0.15, 0.2) is 0 Å². The number of likely N-dealkylation sites (N-methyl/N-ethyl adjacent to an activating group) is 4. The van der Waals surface area contributed by atoms with Gasteiger partial charge < -0.3 is 80.8 Å². The fraction of sp³-hybridized carbons (Fsp3) is 0.684. The molecule has 0 aliphatic heterocycles. The van der Waals surface area contributed by atoms with Crippen molar-refractivity contribution in [2.24, 2.45) is 28.7 Å². The fourth-order valence-electron chi connectivity index (χ4n) is 7.89. The van der Waals surface area contributed by atoms with E-state index in [0.29, 0.717) is 46.2 Å². The molecule has 21 heteroatoms. The molecule has 78 heavy (non-hydrogen) atoms. The van der Waals surface area contributed by atoms with Gasteiger partial charge in [-0.15, -0.1) is 0 Å². The molecule has 18 N–H and O–H groups in total. The van der Waals surface area contributed by atoms with Crippen LogP contribution in [0, 0.1) is 41.5 Å². The van der Waals surface area contributed by atoms with Crippen LogP contribution in [0.2, 0.25) is 0 Å².